The zero-order valence-corrected chi connectivity index (χ0v) is 19.8. The van der Waals surface area contributed by atoms with Gasteiger partial charge >= 0.3 is 0 Å². The van der Waals surface area contributed by atoms with Gasteiger partial charge in [-0.05, 0) is 93.9 Å². The minimum Gasteiger partial charge on any atom is -0.269 e. The molecular weight excluding hydrogens is 433 g/mol. The molecule has 0 spiro atoms. The van der Waals surface area contributed by atoms with Gasteiger partial charge in [0, 0.05) is 23.9 Å². The van der Waals surface area contributed by atoms with Crippen molar-refractivity contribution in [3.63, 3.8) is 0 Å². The molecule has 0 amide bonds. The Kier molecular flexibility index (Phi) is 6.98. The van der Waals surface area contributed by atoms with Gasteiger partial charge in [-0.2, -0.15) is 0 Å². The largest absolute Gasteiger partial charge is 0.269 e. The van der Waals surface area contributed by atoms with Gasteiger partial charge < -0.3 is 0 Å². The van der Waals surface area contributed by atoms with Gasteiger partial charge in [-0.25, -0.2) is 0 Å². The highest BCUT2D eigenvalue weighted by atomic mass is 35.5. The molecule has 3 heteroatoms. The van der Waals surface area contributed by atoms with E-state index in [-0.39, 0.29) is 12.4 Å². The lowest BCUT2D eigenvalue weighted by Gasteiger charge is -2.18. The molecule has 0 radical (unpaired) electrons. The van der Waals surface area contributed by atoms with Crippen LogP contribution in [0.3, 0.4) is 0 Å². The number of fused-ring (bicyclic) bond motifs is 5. The topological polar surface area (TPSA) is 12.4 Å². The Hall–Kier alpha value is -2.61. The molecule has 0 N–H and O–H groups in total. The van der Waals surface area contributed by atoms with Gasteiger partial charge in [-0.1, -0.05) is 65.7 Å². The summed E-state index contributed by atoms with van der Waals surface area (Å²) >= 11 is 6.11. The summed E-state index contributed by atoms with van der Waals surface area (Å²) in [5, 5.41) is 6.35. The lowest BCUT2D eigenvalue weighted by molar-refractivity contribution is 0.805. The van der Waals surface area contributed by atoms with Crippen molar-refractivity contribution in [3.8, 4) is 0 Å². The summed E-state index contributed by atoms with van der Waals surface area (Å²) in [6.07, 6.45) is 13.9. The summed E-state index contributed by atoms with van der Waals surface area (Å²) in [4.78, 5) is 4.08. The molecule has 162 valence electrons. The van der Waals surface area contributed by atoms with Crippen LogP contribution in [0.15, 0.2) is 65.8 Å². The van der Waals surface area contributed by atoms with Crippen LogP contribution in [0.1, 0.15) is 42.0 Å². The van der Waals surface area contributed by atoms with E-state index in [1.54, 1.807) is 11.1 Å². The summed E-state index contributed by atoms with van der Waals surface area (Å²) in [5.41, 5.74) is 7.31. The molecule has 1 heterocycles. The van der Waals surface area contributed by atoms with Gasteiger partial charge in [0.15, 0.2) is 0 Å². The maximum atomic E-state index is 6.11. The molecular formula is C29H27Cl2N. The molecule has 0 aromatic heterocycles. The van der Waals surface area contributed by atoms with E-state index in [2.05, 4.69) is 66.5 Å². The van der Waals surface area contributed by atoms with Crippen molar-refractivity contribution in [3.05, 3.63) is 109 Å². The van der Waals surface area contributed by atoms with Crippen molar-refractivity contribution in [2.75, 3.05) is 0 Å². The van der Waals surface area contributed by atoms with E-state index >= 15 is 0 Å². The van der Waals surface area contributed by atoms with Gasteiger partial charge in [0.2, 0.25) is 0 Å². The van der Waals surface area contributed by atoms with Crippen LogP contribution in [0.25, 0.3) is 17.7 Å². The van der Waals surface area contributed by atoms with E-state index in [9.17, 15) is 0 Å². The predicted molar refractivity (Wildman–Crippen MR) is 140 cm³/mol. The first-order chi connectivity index (χ1) is 15.2. The van der Waals surface area contributed by atoms with Crippen LogP contribution in [0, 0.1) is 10.4 Å². The molecule has 1 nitrogen and oxygen atoms in total. The van der Waals surface area contributed by atoms with E-state index in [1.807, 2.05) is 24.6 Å². The second-order valence-corrected chi connectivity index (χ2v) is 8.88. The fourth-order valence-corrected chi connectivity index (χ4v) is 5.09. The van der Waals surface area contributed by atoms with Crippen molar-refractivity contribution in [1.82, 2.24) is 0 Å². The highest BCUT2D eigenvalue weighted by Gasteiger charge is 2.13. The number of nitrogens with zero attached hydrogens (tertiary/aromatic N) is 1. The molecule has 1 aliphatic heterocycles. The number of hydrogen-bond donors (Lipinski definition) is 0. The Labute approximate surface area is 200 Å². The van der Waals surface area contributed by atoms with Gasteiger partial charge in [0.25, 0.3) is 0 Å². The third-order valence-corrected chi connectivity index (χ3v) is 6.75. The van der Waals surface area contributed by atoms with E-state index < -0.39 is 0 Å². The lowest BCUT2D eigenvalue weighted by Crippen LogP contribution is -2.21. The predicted octanol–water partition coefficient (Wildman–Crippen LogP) is 6.18. The van der Waals surface area contributed by atoms with E-state index in [0.717, 1.165) is 17.9 Å². The van der Waals surface area contributed by atoms with Gasteiger partial charge in [0.1, 0.15) is 0 Å². The summed E-state index contributed by atoms with van der Waals surface area (Å²) in [6.45, 7) is 2.28. The summed E-state index contributed by atoms with van der Waals surface area (Å²) in [7, 11) is 0. The second-order valence-electron chi connectivity index (χ2n) is 8.44. The molecule has 0 bridgehead atoms. The van der Waals surface area contributed by atoms with E-state index in [1.165, 1.54) is 56.8 Å². The normalized spacial score (nSPS) is 14.9. The summed E-state index contributed by atoms with van der Waals surface area (Å²) in [5.74, 6) is 0. The van der Waals surface area contributed by atoms with Crippen molar-refractivity contribution in [1.29, 1.82) is 0 Å². The third-order valence-electron chi connectivity index (χ3n) is 6.51. The molecule has 6 rings (SSSR count). The number of hydrogen-bond acceptors (Lipinski definition) is 1. The Bertz CT molecular complexity index is 1430. The molecule has 2 aliphatic carbocycles. The molecule has 3 aliphatic rings. The van der Waals surface area contributed by atoms with Crippen molar-refractivity contribution < 1.29 is 0 Å². The van der Waals surface area contributed by atoms with Crippen LogP contribution >= 0.6 is 24.0 Å². The summed E-state index contributed by atoms with van der Waals surface area (Å²) in [6, 6.07) is 19.2. The second kappa shape index (κ2) is 9.90. The average Bonchev–Trinajstić information content (AvgIpc) is 3.05. The van der Waals surface area contributed by atoms with Crippen molar-refractivity contribution in [2.24, 2.45) is 4.99 Å². The molecule has 0 saturated carbocycles. The van der Waals surface area contributed by atoms with Crippen LogP contribution in [0.4, 0.5) is 0 Å². The number of benzene rings is 3. The first-order valence-corrected chi connectivity index (χ1v) is 11.5. The number of halogens is 2. The highest BCUT2D eigenvalue weighted by Crippen LogP contribution is 2.21. The van der Waals surface area contributed by atoms with Gasteiger partial charge in [-0.15, -0.1) is 12.4 Å². The lowest BCUT2D eigenvalue weighted by atomic mass is 9.86. The maximum absolute atomic E-state index is 6.11. The van der Waals surface area contributed by atoms with Crippen LogP contribution in [0.5, 0.6) is 0 Å². The minimum atomic E-state index is 0. The first kappa shape index (κ1) is 22.6. The monoisotopic (exact) mass is 459 g/mol. The molecule has 0 atom stereocenters. The zero-order valence-electron chi connectivity index (χ0n) is 18.3. The van der Waals surface area contributed by atoms with Crippen LogP contribution in [-0.4, -0.2) is 6.21 Å². The maximum Gasteiger partial charge on any atom is 0.0412 e. The van der Waals surface area contributed by atoms with E-state index in [0.29, 0.717) is 0 Å². The zero-order chi connectivity index (χ0) is 21.2. The van der Waals surface area contributed by atoms with Crippen molar-refractivity contribution in [2.45, 2.75) is 39.0 Å². The fraction of sp³-hybridized carbons (Fsp3) is 0.207. The summed E-state index contributed by atoms with van der Waals surface area (Å²) < 4.78 is 0. The Morgan fingerprint density at radius 1 is 0.844 bits per heavy atom. The molecule has 0 fully saturated rings. The van der Waals surface area contributed by atoms with E-state index in [4.69, 9.17) is 11.6 Å². The van der Waals surface area contributed by atoms with Crippen molar-refractivity contribution >= 4 is 47.9 Å². The van der Waals surface area contributed by atoms with Gasteiger partial charge in [0.05, 0.1) is 0 Å². The minimum absolute atomic E-state index is 0. The highest BCUT2D eigenvalue weighted by molar-refractivity contribution is 6.30. The molecule has 3 aromatic rings. The van der Waals surface area contributed by atoms with Crippen LogP contribution in [0.2, 0.25) is 5.02 Å². The molecule has 3 aromatic carbocycles. The van der Waals surface area contributed by atoms with Crippen LogP contribution < -0.4 is 10.4 Å². The Morgan fingerprint density at radius 2 is 1.66 bits per heavy atom. The number of rotatable bonds is 0. The standard InChI is InChI=1S/C19H17Cl.C10H9N.ClH/c1-12-3-2-4-17-15(12)9-10-18-16-8-6-14(20)11-13(16)5-7-19(17)18;1-2-4-10-6-8-11-7-5-9(10)3-1;/h5-6,8-11H,2-4,7H2,1H3;1-5,7-8H,6H2;1H. The molecule has 0 saturated heterocycles. The number of aliphatic imine (C=N–C) groups is 1. The van der Waals surface area contributed by atoms with Gasteiger partial charge in [-0.3, -0.25) is 4.99 Å². The smallest absolute Gasteiger partial charge is 0.0412 e. The molecule has 0 unspecified atom stereocenters. The Balaban J connectivity index is 0.000000174. The fourth-order valence-electron chi connectivity index (χ4n) is 4.91. The quantitative estimate of drug-likeness (QED) is 0.380. The Morgan fingerprint density at radius 3 is 2.56 bits per heavy atom. The third kappa shape index (κ3) is 4.46. The van der Waals surface area contributed by atoms with Crippen LogP contribution in [-0.2, 0) is 19.3 Å². The molecule has 32 heavy (non-hydrogen) atoms. The average molecular weight is 460 g/mol. The first-order valence-electron chi connectivity index (χ1n) is 11.1. The SMILES string of the molecule is C1=Cc2ccccc2CC=N1.CC1=c2ccc3c(c2CCC1)CC=c1cc(Cl)ccc1=3.Cl.